The van der Waals surface area contributed by atoms with E-state index in [2.05, 4.69) is 4.98 Å². The number of rotatable bonds is 6. The highest BCUT2D eigenvalue weighted by molar-refractivity contribution is 7.14. The first-order valence-electron chi connectivity index (χ1n) is 8.77. The van der Waals surface area contributed by atoms with E-state index in [0.717, 1.165) is 25.8 Å². The van der Waals surface area contributed by atoms with Gasteiger partial charge in [-0.2, -0.15) is 0 Å². The Morgan fingerprint density at radius 1 is 1.32 bits per heavy atom. The van der Waals surface area contributed by atoms with Crippen LogP contribution < -0.4 is 4.90 Å². The van der Waals surface area contributed by atoms with Gasteiger partial charge in [0.15, 0.2) is 5.13 Å². The molecule has 2 saturated heterocycles. The maximum absolute atomic E-state index is 12.5. The largest absolute Gasteiger partial charge is 0.481 e. The fraction of sp³-hybridized carbons (Fsp3) is 0.647. The van der Waals surface area contributed by atoms with Crippen LogP contribution >= 0.6 is 11.3 Å². The van der Waals surface area contributed by atoms with Crippen molar-refractivity contribution in [3.8, 4) is 0 Å². The molecular formula is C17H23N3O4S. The highest BCUT2D eigenvalue weighted by atomic mass is 32.1. The number of carbonyl (C=O) groups excluding carboxylic acids is 2. The number of carboxylic acid groups (broad SMARTS) is 1. The first kappa shape index (κ1) is 17.8. The minimum absolute atomic E-state index is 0.0321. The predicted molar refractivity (Wildman–Crippen MR) is 93.6 cm³/mol. The van der Waals surface area contributed by atoms with Gasteiger partial charge in [-0.3, -0.25) is 19.3 Å². The van der Waals surface area contributed by atoms with E-state index in [1.807, 2.05) is 10.3 Å². The van der Waals surface area contributed by atoms with Gasteiger partial charge < -0.3 is 10.0 Å². The Bertz CT molecular complexity index is 660. The summed E-state index contributed by atoms with van der Waals surface area (Å²) in [6, 6.07) is 0. The average Bonchev–Trinajstić information content (AvgIpc) is 3.22. The first-order valence-corrected chi connectivity index (χ1v) is 9.65. The van der Waals surface area contributed by atoms with Gasteiger partial charge in [0.05, 0.1) is 12.1 Å². The molecule has 0 radical (unpaired) electrons. The standard InChI is InChI=1S/C17H23N3O4S/c21-14-4-2-8-20(14)17-18-13(11-25-17)9-15(22)19-7-1-3-12(10-19)5-6-16(23)24/h11-12H,1-10H2,(H,23,24). The molecule has 3 rings (SSSR count). The fourth-order valence-electron chi connectivity index (χ4n) is 3.47. The molecule has 0 spiro atoms. The summed E-state index contributed by atoms with van der Waals surface area (Å²) in [6.45, 7) is 2.06. The molecule has 3 heterocycles. The molecule has 0 aliphatic carbocycles. The van der Waals surface area contributed by atoms with Crippen LogP contribution in [0.4, 0.5) is 5.13 Å². The smallest absolute Gasteiger partial charge is 0.303 e. The van der Waals surface area contributed by atoms with Crippen molar-refractivity contribution < 1.29 is 19.5 Å². The molecule has 0 saturated carbocycles. The number of thiazole rings is 1. The van der Waals surface area contributed by atoms with E-state index in [1.165, 1.54) is 11.3 Å². The number of nitrogens with zero attached hydrogens (tertiary/aromatic N) is 3. The van der Waals surface area contributed by atoms with Crippen molar-refractivity contribution in [2.75, 3.05) is 24.5 Å². The Morgan fingerprint density at radius 2 is 2.16 bits per heavy atom. The third-order valence-electron chi connectivity index (χ3n) is 4.81. The lowest BCUT2D eigenvalue weighted by Crippen LogP contribution is -2.40. The van der Waals surface area contributed by atoms with E-state index in [4.69, 9.17) is 5.11 Å². The van der Waals surface area contributed by atoms with Crippen molar-refractivity contribution in [3.05, 3.63) is 11.1 Å². The number of hydrogen-bond donors (Lipinski definition) is 1. The summed E-state index contributed by atoms with van der Waals surface area (Å²) >= 11 is 1.41. The Kier molecular flexibility index (Phi) is 5.67. The molecule has 2 aliphatic heterocycles. The topological polar surface area (TPSA) is 90.8 Å². The highest BCUT2D eigenvalue weighted by Gasteiger charge is 2.26. The maximum Gasteiger partial charge on any atom is 0.303 e. The molecule has 7 nitrogen and oxygen atoms in total. The molecule has 8 heteroatoms. The maximum atomic E-state index is 12.5. The van der Waals surface area contributed by atoms with Crippen molar-refractivity contribution in [1.82, 2.24) is 9.88 Å². The van der Waals surface area contributed by atoms with Gasteiger partial charge in [-0.05, 0) is 31.6 Å². The number of likely N-dealkylation sites (tertiary alicyclic amines) is 1. The van der Waals surface area contributed by atoms with Crippen LogP contribution in [-0.2, 0) is 20.8 Å². The second-order valence-electron chi connectivity index (χ2n) is 6.73. The van der Waals surface area contributed by atoms with Crippen LogP contribution in [0.3, 0.4) is 0 Å². The van der Waals surface area contributed by atoms with E-state index in [-0.39, 0.29) is 30.6 Å². The summed E-state index contributed by atoms with van der Waals surface area (Å²) < 4.78 is 0. The molecule has 1 unspecified atom stereocenters. The van der Waals surface area contributed by atoms with Crippen LogP contribution in [0.25, 0.3) is 0 Å². The number of piperidine rings is 1. The Labute approximate surface area is 150 Å². The number of amides is 2. The molecule has 0 bridgehead atoms. The van der Waals surface area contributed by atoms with Crippen molar-refractivity contribution >= 4 is 34.3 Å². The number of carbonyl (C=O) groups is 3. The number of anilines is 1. The normalized spacial score (nSPS) is 21.0. The number of hydrogen-bond acceptors (Lipinski definition) is 5. The molecule has 0 aromatic carbocycles. The van der Waals surface area contributed by atoms with Crippen LogP contribution in [-0.4, -0.2) is 52.4 Å². The van der Waals surface area contributed by atoms with E-state index in [1.54, 1.807) is 4.90 Å². The average molecular weight is 365 g/mol. The van der Waals surface area contributed by atoms with Crippen LogP contribution in [0.2, 0.25) is 0 Å². The fourth-order valence-corrected chi connectivity index (χ4v) is 4.34. The molecular weight excluding hydrogens is 342 g/mol. The summed E-state index contributed by atoms with van der Waals surface area (Å²) in [5.74, 6) is -0.383. The summed E-state index contributed by atoms with van der Waals surface area (Å²) in [5, 5.41) is 11.3. The third-order valence-corrected chi connectivity index (χ3v) is 5.73. The second kappa shape index (κ2) is 7.95. The van der Waals surface area contributed by atoms with Crippen LogP contribution in [0, 0.1) is 5.92 Å². The first-order chi connectivity index (χ1) is 12.0. The number of aromatic nitrogens is 1. The molecule has 136 valence electrons. The van der Waals surface area contributed by atoms with Gasteiger partial charge in [0.25, 0.3) is 0 Å². The SMILES string of the molecule is O=C(O)CCC1CCCN(C(=O)Cc2csc(N3CCCC3=O)n2)C1. The lowest BCUT2D eigenvalue weighted by Gasteiger charge is -2.32. The molecule has 1 N–H and O–H groups in total. The van der Waals surface area contributed by atoms with Gasteiger partial charge in [0.2, 0.25) is 11.8 Å². The molecule has 2 aliphatic rings. The molecule has 1 aromatic heterocycles. The summed E-state index contributed by atoms with van der Waals surface area (Å²) in [4.78, 5) is 43.0. The van der Waals surface area contributed by atoms with Crippen molar-refractivity contribution in [3.63, 3.8) is 0 Å². The van der Waals surface area contributed by atoms with Gasteiger partial charge in [0.1, 0.15) is 0 Å². The van der Waals surface area contributed by atoms with Gasteiger partial charge in [-0.1, -0.05) is 0 Å². The van der Waals surface area contributed by atoms with Crippen LogP contribution in [0.5, 0.6) is 0 Å². The molecule has 1 atom stereocenters. The van der Waals surface area contributed by atoms with Crippen LogP contribution in [0.1, 0.15) is 44.2 Å². The van der Waals surface area contributed by atoms with E-state index in [9.17, 15) is 14.4 Å². The monoisotopic (exact) mass is 365 g/mol. The minimum atomic E-state index is -0.782. The van der Waals surface area contributed by atoms with Crippen molar-refractivity contribution in [2.24, 2.45) is 5.92 Å². The lowest BCUT2D eigenvalue weighted by molar-refractivity contribution is -0.137. The van der Waals surface area contributed by atoms with Gasteiger partial charge in [-0.15, -0.1) is 11.3 Å². The summed E-state index contributed by atoms with van der Waals surface area (Å²) in [7, 11) is 0. The van der Waals surface area contributed by atoms with Gasteiger partial charge in [-0.25, -0.2) is 4.98 Å². The Balaban J connectivity index is 1.54. The molecule has 25 heavy (non-hydrogen) atoms. The number of carboxylic acids is 1. The second-order valence-corrected chi connectivity index (χ2v) is 7.56. The summed E-state index contributed by atoms with van der Waals surface area (Å²) in [5.41, 5.74) is 0.706. The Morgan fingerprint density at radius 3 is 2.88 bits per heavy atom. The van der Waals surface area contributed by atoms with E-state index < -0.39 is 5.97 Å². The minimum Gasteiger partial charge on any atom is -0.481 e. The van der Waals surface area contributed by atoms with E-state index in [0.29, 0.717) is 36.8 Å². The quantitative estimate of drug-likeness (QED) is 0.832. The summed E-state index contributed by atoms with van der Waals surface area (Å²) in [6.07, 6.45) is 4.35. The van der Waals surface area contributed by atoms with E-state index >= 15 is 0 Å². The molecule has 2 fully saturated rings. The molecule has 1 aromatic rings. The Hall–Kier alpha value is -1.96. The zero-order chi connectivity index (χ0) is 17.8. The zero-order valence-electron chi connectivity index (χ0n) is 14.1. The third kappa shape index (κ3) is 4.56. The van der Waals surface area contributed by atoms with Crippen molar-refractivity contribution in [2.45, 2.75) is 44.9 Å². The van der Waals surface area contributed by atoms with Gasteiger partial charge in [0, 0.05) is 37.9 Å². The van der Waals surface area contributed by atoms with Gasteiger partial charge >= 0.3 is 5.97 Å². The number of aliphatic carboxylic acids is 1. The highest BCUT2D eigenvalue weighted by Crippen LogP contribution is 2.26. The molecule has 2 amide bonds. The lowest BCUT2D eigenvalue weighted by atomic mass is 9.93. The van der Waals surface area contributed by atoms with Crippen molar-refractivity contribution in [1.29, 1.82) is 0 Å². The zero-order valence-corrected chi connectivity index (χ0v) is 15.0. The van der Waals surface area contributed by atoms with Crippen LogP contribution in [0.15, 0.2) is 5.38 Å². The predicted octanol–water partition coefficient (Wildman–Crippen LogP) is 1.92.